The number of ether oxygens (including phenoxy) is 4. The van der Waals surface area contributed by atoms with E-state index in [1.807, 2.05) is 0 Å². The molecule has 2 aliphatic heterocycles. The molecular weight excluding hydrogens is 893 g/mol. The van der Waals surface area contributed by atoms with Gasteiger partial charge in [-0.3, -0.25) is 0 Å². The monoisotopic (exact) mass is 989 g/mol. The zero-order valence-corrected chi connectivity index (χ0v) is 46.0. The summed E-state index contributed by atoms with van der Waals surface area (Å²) in [7, 11) is 0. The van der Waals surface area contributed by atoms with Gasteiger partial charge in [0, 0.05) is 32.7 Å². The Balaban J connectivity index is 1.12. The lowest BCUT2D eigenvalue weighted by Gasteiger charge is -2.31. The largest absolute Gasteiger partial charge is 0.488 e. The second kappa shape index (κ2) is 31.6. The van der Waals surface area contributed by atoms with Crippen LogP contribution >= 0.6 is 22.7 Å². The van der Waals surface area contributed by atoms with E-state index in [0.29, 0.717) is 26.4 Å². The van der Waals surface area contributed by atoms with Gasteiger partial charge in [0.15, 0.2) is 23.0 Å². The summed E-state index contributed by atoms with van der Waals surface area (Å²) in [5, 5.41) is 13.4. The van der Waals surface area contributed by atoms with Crippen LogP contribution in [0.5, 0.6) is 23.0 Å². The van der Waals surface area contributed by atoms with Crippen molar-refractivity contribution in [1.82, 2.24) is 10.3 Å². The van der Waals surface area contributed by atoms with Crippen LogP contribution < -0.4 is 18.9 Å². The lowest BCUT2D eigenvalue weighted by atomic mass is 9.79. The molecule has 0 saturated heterocycles. The van der Waals surface area contributed by atoms with E-state index in [0.717, 1.165) is 80.6 Å². The first kappa shape index (κ1) is 55.5. The van der Waals surface area contributed by atoms with Gasteiger partial charge in [-0.05, 0) is 36.0 Å². The van der Waals surface area contributed by atoms with E-state index < -0.39 is 0 Å². The van der Waals surface area contributed by atoms with Crippen LogP contribution in [0.4, 0.5) is 0 Å². The zero-order chi connectivity index (χ0) is 48.3. The Labute approximate surface area is 428 Å². The highest BCUT2D eigenvalue weighted by molar-refractivity contribution is 7.15. The molecule has 5 heterocycles. The van der Waals surface area contributed by atoms with Crippen LogP contribution in [-0.4, -0.2) is 36.7 Å². The van der Waals surface area contributed by atoms with Crippen LogP contribution in [-0.2, 0) is 0 Å². The van der Waals surface area contributed by atoms with Crippen LogP contribution in [0.1, 0.15) is 259 Å². The normalized spacial score (nSPS) is 15.2. The summed E-state index contributed by atoms with van der Waals surface area (Å²) in [4.78, 5) is 2.06. The highest BCUT2D eigenvalue weighted by atomic mass is 32.1. The molecular formula is C60H96N2O5S2. The molecule has 0 amide bonds. The summed E-state index contributed by atoms with van der Waals surface area (Å²) in [6.45, 7) is 12.0. The smallest absolute Gasteiger partial charge is 0.179 e. The standard InChI is InChI=1S/C60H96N2O5S2/c1-5-9-13-17-21-25-29-33-39-59(40-34-30-26-22-18-14-10-6-2)45-63-51-43-68-57(55(51)65-47-59)49-37-38-50(54-53(49)61-67-62-54)58-56-52(44-69-58)64-46-60(48-66-56,41-35-31-27-23-19-15-11-7-3)42-36-32-28-24-20-16-12-8-4/h37-38,43-44H,5-36,39-42,45-48H2,1-4H3. The lowest BCUT2D eigenvalue weighted by Crippen LogP contribution is -2.33. The predicted molar refractivity (Wildman–Crippen MR) is 294 cm³/mol. The number of fused-ring (bicyclic) bond motifs is 3. The highest BCUT2D eigenvalue weighted by Crippen LogP contribution is 2.53. The van der Waals surface area contributed by atoms with Crippen LogP contribution in [0.2, 0.25) is 0 Å². The van der Waals surface area contributed by atoms with Gasteiger partial charge in [0.1, 0.15) is 11.0 Å². The van der Waals surface area contributed by atoms with Crippen LogP contribution in [0.25, 0.3) is 31.9 Å². The van der Waals surface area contributed by atoms with Gasteiger partial charge < -0.3 is 18.9 Å². The van der Waals surface area contributed by atoms with Crippen molar-refractivity contribution in [3.63, 3.8) is 0 Å². The van der Waals surface area contributed by atoms with Crippen molar-refractivity contribution < 1.29 is 23.6 Å². The van der Waals surface area contributed by atoms with Crippen LogP contribution in [0, 0.1) is 10.8 Å². The van der Waals surface area contributed by atoms with E-state index in [-0.39, 0.29) is 10.8 Å². The molecule has 0 unspecified atom stereocenters. The minimum atomic E-state index is 0.0193. The van der Waals surface area contributed by atoms with Crippen molar-refractivity contribution in [2.75, 3.05) is 26.4 Å². The maximum absolute atomic E-state index is 6.97. The maximum atomic E-state index is 6.97. The van der Waals surface area contributed by atoms with Gasteiger partial charge in [-0.2, -0.15) is 0 Å². The average Bonchev–Trinajstić information content (AvgIpc) is 4.08. The number of rotatable bonds is 38. The third-order valence-electron chi connectivity index (χ3n) is 15.7. The van der Waals surface area contributed by atoms with E-state index >= 15 is 0 Å². The summed E-state index contributed by atoms with van der Waals surface area (Å²) in [6.07, 6.45) is 47.3. The van der Waals surface area contributed by atoms with Gasteiger partial charge >= 0.3 is 0 Å². The first-order valence-corrected chi connectivity index (χ1v) is 30.8. The summed E-state index contributed by atoms with van der Waals surface area (Å²) in [6, 6.07) is 4.35. The molecule has 388 valence electrons. The Kier molecular flexibility index (Phi) is 25.5. The SMILES string of the molecule is CCCCCCCCCCC1(CCCCCCCCCC)COc2csc(-c3ccc(-c4scc5c4OCC(CCCCCCCCCC)(CCCCCCCCCC)CO5)c4nonc34)c2OC1. The molecule has 0 aliphatic carbocycles. The summed E-state index contributed by atoms with van der Waals surface area (Å²) in [5.41, 5.74) is 3.46. The fourth-order valence-electron chi connectivity index (χ4n) is 11.1. The predicted octanol–water partition coefficient (Wildman–Crippen LogP) is 20.3. The van der Waals surface area contributed by atoms with E-state index in [4.69, 9.17) is 23.6 Å². The van der Waals surface area contributed by atoms with Crippen molar-refractivity contribution in [1.29, 1.82) is 0 Å². The van der Waals surface area contributed by atoms with E-state index in [2.05, 4.69) is 60.9 Å². The van der Waals surface area contributed by atoms with Crippen molar-refractivity contribution in [3.05, 3.63) is 22.9 Å². The number of thiophene rings is 2. The molecule has 0 N–H and O–H groups in total. The third-order valence-corrected chi connectivity index (χ3v) is 17.6. The third kappa shape index (κ3) is 17.5. The number of hydrogen-bond acceptors (Lipinski definition) is 9. The second-order valence-electron chi connectivity index (χ2n) is 21.7. The fraction of sp³-hybridized carbons (Fsp3) is 0.767. The molecule has 9 heteroatoms. The molecule has 0 radical (unpaired) electrons. The van der Waals surface area contributed by atoms with Gasteiger partial charge in [0.25, 0.3) is 0 Å². The van der Waals surface area contributed by atoms with Gasteiger partial charge in [0.05, 0.1) is 36.2 Å². The quantitative estimate of drug-likeness (QED) is 0.0414. The van der Waals surface area contributed by atoms with Gasteiger partial charge in [0.2, 0.25) is 0 Å². The van der Waals surface area contributed by atoms with Crippen molar-refractivity contribution in [2.45, 2.75) is 259 Å². The molecule has 2 aliphatic rings. The van der Waals surface area contributed by atoms with Gasteiger partial charge in [-0.15, -0.1) is 22.7 Å². The van der Waals surface area contributed by atoms with Gasteiger partial charge in [-0.25, -0.2) is 4.63 Å². The Morgan fingerprint density at radius 1 is 0.377 bits per heavy atom. The fourth-order valence-corrected chi connectivity index (χ4v) is 13.0. The Hall–Kier alpha value is -2.78. The molecule has 0 saturated carbocycles. The molecule has 7 nitrogen and oxygen atoms in total. The summed E-state index contributed by atoms with van der Waals surface area (Å²) >= 11 is 3.33. The molecule has 69 heavy (non-hydrogen) atoms. The Bertz CT molecular complexity index is 1790. The summed E-state index contributed by atoms with van der Waals surface area (Å²) < 4.78 is 33.1. The number of hydrogen-bond donors (Lipinski definition) is 0. The van der Waals surface area contributed by atoms with Gasteiger partial charge in [-0.1, -0.05) is 245 Å². The van der Waals surface area contributed by atoms with Crippen molar-refractivity contribution >= 4 is 33.7 Å². The van der Waals surface area contributed by atoms with Crippen LogP contribution in [0.3, 0.4) is 0 Å². The average molecular weight is 990 g/mol. The second-order valence-corrected chi connectivity index (χ2v) is 23.5. The molecule has 1 aromatic carbocycles. The molecule has 3 aromatic heterocycles. The number of benzene rings is 1. The molecule has 0 bridgehead atoms. The summed E-state index contributed by atoms with van der Waals surface area (Å²) in [5.74, 6) is 3.40. The Morgan fingerprint density at radius 3 is 0.957 bits per heavy atom. The highest BCUT2D eigenvalue weighted by Gasteiger charge is 2.38. The number of nitrogens with zero attached hydrogens (tertiary/aromatic N) is 2. The molecule has 0 atom stereocenters. The lowest BCUT2D eigenvalue weighted by molar-refractivity contribution is 0.0783. The number of aromatic nitrogens is 2. The van der Waals surface area contributed by atoms with E-state index in [1.165, 1.54) is 205 Å². The maximum Gasteiger partial charge on any atom is 0.179 e. The first-order chi connectivity index (χ1) is 34.1. The molecule has 6 rings (SSSR count). The topological polar surface area (TPSA) is 75.8 Å². The molecule has 4 aromatic rings. The van der Waals surface area contributed by atoms with E-state index in [9.17, 15) is 0 Å². The minimum absolute atomic E-state index is 0.0193. The van der Waals surface area contributed by atoms with Crippen molar-refractivity contribution in [3.8, 4) is 43.9 Å². The van der Waals surface area contributed by atoms with Crippen LogP contribution in [0.15, 0.2) is 27.5 Å². The van der Waals surface area contributed by atoms with E-state index in [1.54, 1.807) is 22.7 Å². The zero-order valence-electron chi connectivity index (χ0n) is 44.3. The minimum Gasteiger partial charge on any atom is -0.488 e. The molecule has 0 fully saturated rings. The first-order valence-electron chi connectivity index (χ1n) is 29.1. The Morgan fingerprint density at radius 2 is 0.652 bits per heavy atom. The number of unbranched alkanes of at least 4 members (excludes halogenated alkanes) is 28. The molecule has 0 spiro atoms. The van der Waals surface area contributed by atoms with Crippen molar-refractivity contribution in [2.24, 2.45) is 10.8 Å².